The molecule has 2 aromatic heterocycles. The molecule has 1 aromatic carbocycles. The van der Waals surface area contributed by atoms with Crippen LogP contribution in [0.1, 0.15) is 24.8 Å². The highest BCUT2D eigenvalue weighted by atomic mass is 16.5. The first-order valence-electron chi connectivity index (χ1n) is 7.59. The van der Waals surface area contributed by atoms with Gasteiger partial charge in [-0.05, 0) is 43.3 Å². The summed E-state index contributed by atoms with van der Waals surface area (Å²) < 4.78 is 21.7. The zero-order valence-electron chi connectivity index (χ0n) is 13.4. The van der Waals surface area contributed by atoms with Crippen molar-refractivity contribution in [2.75, 3.05) is 0 Å². The van der Waals surface area contributed by atoms with Crippen molar-refractivity contribution in [3.05, 3.63) is 54.1 Å². The minimum absolute atomic E-state index is 0.268. The third-order valence-corrected chi connectivity index (χ3v) is 3.34. The fourth-order valence-corrected chi connectivity index (χ4v) is 2.03. The number of aryl methyl sites for hydroxylation is 1. The lowest BCUT2D eigenvalue weighted by Crippen LogP contribution is -2.05. The number of carbonyl (C=O) groups is 1. The summed E-state index contributed by atoms with van der Waals surface area (Å²) in [6.45, 7) is 3.84. The van der Waals surface area contributed by atoms with Crippen LogP contribution in [-0.2, 0) is 11.4 Å². The van der Waals surface area contributed by atoms with Gasteiger partial charge in [-0.3, -0.25) is 4.79 Å². The van der Waals surface area contributed by atoms with Crippen LogP contribution >= 0.6 is 0 Å². The summed E-state index contributed by atoms with van der Waals surface area (Å²) in [5, 5.41) is 0. The number of rotatable bonds is 6. The Morgan fingerprint density at radius 2 is 1.92 bits per heavy atom. The molecule has 3 rings (SSSR count). The van der Waals surface area contributed by atoms with Gasteiger partial charge in [0, 0.05) is 6.42 Å². The third kappa shape index (κ3) is 3.65. The van der Waals surface area contributed by atoms with Crippen LogP contribution in [0.5, 0.6) is 11.5 Å². The highest BCUT2D eigenvalue weighted by molar-refractivity contribution is 5.71. The van der Waals surface area contributed by atoms with Gasteiger partial charge < -0.3 is 18.3 Å². The molecule has 0 spiro atoms. The van der Waals surface area contributed by atoms with E-state index in [9.17, 15) is 4.79 Å². The molecule has 0 fully saturated rings. The van der Waals surface area contributed by atoms with Gasteiger partial charge in [-0.1, -0.05) is 6.92 Å². The van der Waals surface area contributed by atoms with Crippen LogP contribution < -0.4 is 9.47 Å². The number of esters is 1. The van der Waals surface area contributed by atoms with Crippen molar-refractivity contribution in [3.63, 3.8) is 0 Å². The number of ether oxygens (including phenoxy) is 2. The van der Waals surface area contributed by atoms with Crippen molar-refractivity contribution in [1.82, 2.24) is 4.98 Å². The van der Waals surface area contributed by atoms with Crippen LogP contribution in [0.3, 0.4) is 0 Å². The normalized spacial score (nSPS) is 10.6. The van der Waals surface area contributed by atoms with Crippen molar-refractivity contribution in [2.24, 2.45) is 0 Å². The molecule has 24 heavy (non-hydrogen) atoms. The Balaban J connectivity index is 1.62. The molecule has 124 valence electrons. The summed E-state index contributed by atoms with van der Waals surface area (Å²) in [5.74, 6) is 2.55. The number of furan rings is 1. The zero-order valence-corrected chi connectivity index (χ0v) is 13.4. The summed E-state index contributed by atoms with van der Waals surface area (Å²) in [6.07, 6.45) is 1.90. The molecular weight excluding hydrogens is 310 g/mol. The topological polar surface area (TPSA) is 74.7 Å². The summed E-state index contributed by atoms with van der Waals surface area (Å²) in [5.41, 5.74) is 0.697. The van der Waals surface area contributed by atoms with Gasteiger partial charge in [-0.2, -0.15) is 0 Å². The van der Waals surface area contributed by atoms with Gasteiger partial charge in [0.05, 0.1) is 6.26 Å². The van der Waals surface area contributed by atoms with E-state index in [1.807, 2.05) is 6.92 Å². The molecule has 0 unspecified atom stereocenters. The number of benzene rings is 1. The van der Waals surface area contributed by atoms with E-state index in [1.165, 1.54) is 0 Å². The number of carbonyl (C=O) groups excluding carboxylic acids is 1. The first-order chi connectivity index (χ1) is 11.7. The van der Waals surface area contributed by atoms with Crippen LogP contribution in [-0.4, -0.2) is 11.0 Å². The first-order valence-corrected chi connectivity index (χ1v) is 7.59. The summed E-state index contributed by atoms with van der Waals surface area (Å²) in [6, 6.07) is 10.4. The van der Waals surface area contributed by atoms with Gasteiger partial charge in [0.15, 0.2) is 5.76 Å². The van der Waals surface area contributed by atoms with Crippen molar-refractivity contribution in [1.29, 1.82) is 0 Å². The fourth-order valence-electron chi connectivity index (χ4n) is 2.03. The van der Waals surface area contributed by atoms with Gasteiger partial charge in [0.1, 0.15) is 29.6 Å². The van der Waals surface area contributed by atoms with Gasteiger partial charge in [-0.25, -0.2) is 4.98 Å². The molecule has 0 saturated heterocycles. The van der Waals surface area contributed by atoms with E-state index in [-0.39, 0.29) is 12.6 Å². The molecule has 2 heterocycles. The highest BCUT2D eigenvalue weighted by Crippen LogP contribution is 2.24. The van der Waals surface area contributed by atoms with Gasteiger partial charge in [-0.15, -0.1) is 0 Å². The minimum Gasteiger partial charge on any atom is -0.487 e. The second kappa shape index (κ2) is 7.04. The fraction of sp³-hybridized carbons (Fsp3) is 0.222. The Morgan fingerprint density at radius 3 is 2.58 bits per heavy atom. The second-order valence-corrected chi connectivity index (χ2v) is 5.09. The van der Waals surface area contributed by atoms with E-state index in [0.29, 0.717) is 41.0 Å². The first kappa shape index (κ1) is 15.9. The van der Waals surface area contributed by atoms with E-state index in [4.69, 9.17) is 18.3 Å². The molecule has 0 amide bonds. The summed E-state index contributed by atoms with van der Waals surface area (Å²) >= 11 is 0. The standard InChI is InChI=1S/C18H17NO5/c1-3-17(20)24-14-8-6-13(7-9-14)22-11-15-12(2)23-18(19-15)16-5-4-10-21-16/h4-10H,3,11H2,1-2H3. The van der Waals surface area contributed by atoms with E-state index in [0.717, 1.165) is 0 Å². The average molecular weight is 327 g/mol. The Bertz CT molecular complexity index is 803. The largest absolute Gasteiger partial charge is 0.487 e. The van der Waals surface area contributed by atoms with Gasteiger partial charge in [0.25, 0.3) is 5.89 Å². The molecule has 0 N–H and O–H groups in total. The monoisotopic (exact) mass is 327 g/mol. The predicted molar refractivity (Wildman–Crippen MR) is 85.6 cm³/mol. The average Bonchev–Trinajstić information content (AvgIpc) is 3.24. The lowest BCUT2D eigenvalue weighted by Gasteiger charge is -2.06. The number of aromatic nitrogens is 1. The van der Waals surface area contributed by atoms with Crippen LogP contribution in [0.15, 0.2) is 51.5 Å². The Labute approximate surface area is 139 Å². The molecule has 0 bridgehead atoms. The number of hydrogen-bond acceptors (Lipinski definition) is 6. The molecular formula is C18H17NO5. The van der Waals surface area contributed by atoms with E-state index in [2.05, 4.69) is 4.98 Å². The maximum Gasteiger partial charge on any atom is 0.310 e. The Hall–Kier alpha value is -3.02. The third-order valence-electron chi connectivity index (χ3n) is 3.34. The van der Waals surface area contributed by atoms with Crippen molar-refractivity contribution in [2.45, 2.75) is 26.9 Å². The van der Waals surface area contributed by atoms with Gasteiger partial charge >= 0.3 is 5.97 Å². The molecule has 6 nitrogen and oxygen atoms in total. The molecule has 0 atom stereocenters. The number of hydrogen-bond donors (Lipinski definition) is 0. The maximum absolute atomic E-state index is 11.2. The van der Waals surface area contributed by atoms with Crippen molar-refractivity contribution in [3.8, 4) is 23.1 Å². The smallest absolute Gasteiger partial charge is 0.310 e. The molecule has 0 saturated carbocycles. The Kier molecular flexibility index (Phi) is 4.65. The van der Waals surface area contributed by atoms with Crippen molar-refractivity contribution >= 4 is 5.97 Å². The zero-order chi connectivity index (χ0) is 16.9. The van der Waals surface area contributed by atoms with Crippen LogP contribution in [0.2, 0.25) is 0 Å². The summed E-state index contributed by atoms with van der Waals surface area (Å²) in [4.78, 5) is 15.6. The quantitative estimate of drug-likeness (QED) is 0.500. The predicted octanol–water partition coefficient (Wildman–Crippen LogP) is 4.14. The maximum atomic E-state index is 11.2. The SMILES string of the molecule is CCC(=O)Oc1ccc(OCc2nc(-c3ccco3)oc2C)cc1. The molecule has 0 radical (unpaired) electrons. The van der Waals surface area contributed by atoms with Crippen LogP contribution in [0.4, 0.5) is 0 Å². The lowest BCUT2D eigenvalue weighted by molar-refractivity contribution is -0.134. The second-order valence-electron chi connectivity index (χ2n) is 5.09. The Morgan fingerprint density at radius 1 is 1.17 bits per heavy atom. The molecule has 0 aliphatic carbocycles. The van der Waals surface area contributed by atoms with Crippen LogP contribution in [0.25, 0.3) is 11.7 Å². The molecule has 3 aromatic rings. The van der Waals surface area contributed by atoms with E-state index in [1.54, 1.807) is 49.6 Å². The number of nitrogens with zero attached hydrogens (tertiary/aromatic N) is 1. The minimum atomic E-state index is -0.271. The van der Waals surface area contributed by atoms with Crippen molar-refractivity contribution < 1.29 is 23.1 Å². The lowest BCUT2D eigenvalue weighted by atomic mass is 10.3. The van der Waals surface area contributed by atoms with E-state index < -0.39 is 0 Å². The summed E-state index contributed by atoms with van der Waals surface area (Å²) in [7, 11) is 0. The molecule has 0 aliphatic rings. The number of oxazole rings is 1. The molecule has 0 aliphatic heterocycles. The van der Waals surface area contributed by atoms with E-state index >= 15 is 0 Å². The molecule has 6 heteroatoms. The highest BCUT2D eigenvalue weighted by Gasteiger charge is 2.14. The van der Waals surface area contributed by atoms with Gasteiger partial charge in [0.2, 0.25) is 0 Å². The van der Waals surface area contributed by atoms with Crippen LogP contribution in [0, 0.1) is 6.92 Å².